The SMILES string of the molecule is CNC(C)c1ccc(OCOCC2CC2)c(C)c1. The monoisotopic (exact) mass is 249 g/mol. The molecule has 0 heterocycles. The second kappa shape index (κ2) is 6.21. The van der Waals surface area contributed by atoms with Gasteiger partial charge in [0.1, 0.15) is 5.75 Å². The Balaban J connectivity index is 1.83. The predicted octanol–water partition coefficient (Wildman–Crippen LogP) is 3.04. The molecule has 3 nitrogen and oxygen atoms in total. The molecule has 0 amide bonds. The Bertz CT molecular complexity index is 388. The van der Waals surface area contributed by atoms with Crippen molar-refractivity contribution < 1.29 is 9.47 Å². The Labute approximate surface area is 109 Å². The van der Waals surface area contributed by atoms with Crippen molar-refractivity contribution in [3.63, 3.8) is 0 Å². The van der Waals surface area contributed by atoms with Crippen molar-refractivity contribution >= 4 is 0 Å². The fourth-order valence-corrected chi connectivity index (χ4v) is 1.87. The molecule has 1 saturated carbocycles. The number of hydrogen-bond donors (Lipinski definition) is 1. The van der Waals surface area contributed by atoms with Gasteiger partial charge < -0.3 is 14.8 Å². The third kappa shape index (κ3) is 3.72. The summed E-state index contributed by atoms with van der Waals surface area (Å²) in [5, 5.41) is 3.23. The van der Waals surface area contributed by atoms with Gasteiger partial charge in [0.2, 0.25) is 0 Å². The summed E-state index contributed by atoms with van der Waals surface area (Å²) in [6, 6.07) is 6.66. The van der Waals surface area contributed by atoms with Gasteiger partial charge in [0.25, 0.3) is 0 Å². The molecular formula is C15H23NO2. The highest BCUT2D eigenvalue weighted by Crippen LogP contribution is 2.29. The van der Waals surface area contributed by atoms with Crippen molar-refractivity contribution in [2.45, 2.75) is 32.7 Å². The lowest BCUT2D eigenvalue weighted by Gasteiger charge is -2.14. The fourth-order valence-electron chi connectivity index (χ4n) is 1.87. The van der Waals surface area contributed by atoms with Crippen LogP contribution >= 0.6 is 0 Å². The average molecular weight is 249 g/mol. The molecule has 0 bridgehead atoms. The van der Waals surface area contributed by atoms with E-state index in [2.05, 4.69) is 31.3 Å². The molecular weight excluding hydrogens is 226 g/mol. The van der Waals surface area contributed by atoms with E-state index in [1.54, 1.807) is 0 Å². The molecule has 0 aliphatic heterocycles. The summed E-state index contributed by atoms with van der Waals surface area (Å²) in [6.07, 6.45) is 2.63. The van der Waals surface area contributed by atoms with E-state index in [1.165, 1.54) is 18.4 Å². The number of hydrogen-bond acceptors (Lipinski definition) is 3. The van der Waals surface area contributed by atoms with Crippen molar-refractivity contribution in [2.75, 3.05) is 20.4 Å². The number of benzene rings is 1. The molecule has 1 atom stereocenters. The summed E-state index contributed by atoms with van der Waals surface area (Å²) in [6.45, 7) is 5.42. The van der Waals surface area contributed by atoms with Gasteiger partial charge in [-0.05, 0) is 56.8 Å². The minimum Gasteiger partial charge on any atom is -0.467 e. The van der Waals surface area contributed by atoms with E-state index in [1.807, 2.05) is 13.1 Å². The lowest BCUT2D eigenvalue weighted by atomic mass is 10.1. The first-order valence-corrected chi connectivity index (χ1v) is 6.69. The highest BCUT2D eigenvalue weighted by molar-refractivity contribution is 5.37. The third-order valence-electron chi connectivity index (χ3n) is 3.48. The minimum absolute atomic E-state index is 0.359. The van der Waals surface area contributed by atoms with Gasteiger partial charge >= 0.3 is 0 Å². The van der Waals surface area contributed by atoms with Gasteiger partial charge in [-0.15, -0.1) is 0 Å². The molecule has 1 N–H and O–H groups in total. The van der Waals surface area contributed by atoms with Crippen LogP contribution in [0.1, 0.15) is 36.9 Å². The first-order valence-electron chi connectivity index (χ1n) is 6.69. The summed E-state index contributed by atoms with van der Waals surface area (Å²) in [4.78, 5) is 0. The summed E-state index contributed by atoms with van der Waals surface area (Å²) in [5.74, 6) is 1.70. The van der Waals surface area contributed by atoms with Crippen LogP contribution in [0.5, 0.6) is 5.75 Å². The lowest BCUT2D eigenvalue weighted by Crippen LogP contribution is -2.12. The number of aryl methyl sites for hydroxylation is 1. The molecule has 1 aliphatic rings. The molecule has 1 aliphatic carbocycles. The Morgan fingerprint density at radius 2 is 2.17 bits per heavy atom. The van der Waals surface area contributed by atoms with Gasteiger partial charge in [0.05, 0.1) is 6.61 Å². The van der Waals surface area contributed by atoms with E-state index in [4.69, 9.17) is 9.47 Å². The normalized spacial score (nSPS) is 16.6. The van der Waals surface area contributed by atoms with Gasteiger partial charge in [0, 0.05) is 6.04 Å². The van der Waals surface area contributed by atoms with Crippen LogP contribution in [0.25, 0.3) is 0 Å². The van der Waals surface area contributed by atoms with E-state index in [0.29, 0.717) is 12.8 Å². The molecule has 0 saturated heterocycles. The van der Waals surface area contributed by atoms with Crippen LogP contribution in [-0.4, -0.2) is 20.4 Å². The lowest BCUT2D eigenvalue weighted by molar-refractivity contribution is 0.00960. The molecule has 1 unspecified atom stereocenters. The maximum Gasteiger partial charge on any atom is 0.189 e. The molecule has 3 heteroatoms. The van der Waals surface area contributed by atoms with E-state index in [-0.39, 0.29) is 0 Å². The zero-order valence-corrected chi connectivity index (χ0v) is 11.5. The average Bonchev–Trinajstić information content (AvgIpc) is 3.19. The second-order valence-corrected chi connectivity index (χ2v) is 5.11. The third-order valence-corrected chi connectivity index (χ3v) is 3.48. The highest BCUT2D eigenvalue weighted by Gasteiger charge is 2.21. The Morgan fingerprint density at radius 3 is 2.78 bits per heavy atom. The number of rotatable bonds is 7. The number of nitrogens with one attached hydrogen (secondary N) is 1. The van der Waals surface area contributed by atoms with E-state index >= 15 is 0 Å². The van der Waals surface area contributed by atoms with E-state index in [9.17, 15) is 0 Å². The molecule has 1 fully saturated rings. The first-order chi connectivity index (χ1) is 8.70. The van der Waals surface area contributed by atoms with Crippen molar-refractivity contribution in [3.8, 4) is 5.75 Å². The van der Waals surface area contributed by atoms with Gasteiger partial charge in [-0.25, -0.2) is 0 Å². The van der Waals surface area contributed by atoms with Crippen molar-refractivity contribution in [1.82, 2.24) is 5.32 Å². The number of ether oxygens (including phenoxy) is 2. The predicted molar refractivity (Wildman–Crippen MR) is 72.8 cm³/mol. The van der Waals surface area contributed by atoms with Crippen molar-refractivity contribution in [2.24, 2.45) is 5.92 Å². The quantitative estimate of drug-likeness (QED) is 0.595. The van der Waals surface area contributed by atoms with Crippen LogP contribution in [-0.2, 0) is 4.74 Å². The molecule has 2 rings (SSSR count). The molecule has 18 heavy (non-hydrogen) atoms. The van der Waals surface area contributed by atoms with Gasteiger partial charge in [-0.1, -0.05) is 12.1 Å². The molecule has 1 aromatic carbocycles. The maximum absolute atomic E-state index is 5.64. The van der Waals surface area contributed by atoms with Gasteiger partial charge in [-0.2, -0.15) is 0 Å². The van der Waals surface area contributed by atoms with Crippen LogP contribution in [0.4, 0.5) is 0 Å². The van der Waals surface area contributed by atoms with Crippen LogP contribution < -0.4 is 10.1 Å². The van der Waals surface area contributed by atoms with Crippen molar-refractivity contribution in [1.29, 1.82) is 0 Å². The van der Waals surface area contributed by atoms with Gasteiger partial charge in [0.15, 0.2) is 6.79 Å². The van der Waals surface area contributed by atoms with Crippen LogP contribution in [0.3, 0.4) is 0 Å². The van der Waals surface area contributed by atoms with E-state index in [0.717, 1.165) is 23.8 Å². The Morgan fingerprint density at radius 1 is 1.39 bits per heavy atom. The molecule has 1 aromatic rings. The standard InChI is InChI=1S/C15H23NO2/c1-11-8-14(12(2)16-3)6-7-15(11)18-10-17-9-13-4-5-13/h6-8,12-13,16H,4-5,9-10H2,1-3H3. The summed E-state index contributed by atoms with van der Waals surface area (Å²) in [7, 11) is 1.97. The minimum atomic E-state index is 0.359. The molecule has 0 spiro atoms. The highest BCUT2D eigenvalue weighted by atomic mass is 16.7. The van der Waals surface area contributed by atoms with Crippen molar-refractivity contribution in [3.05, 3.63) is 29.3 Å². The van der Waals surface area contributed by atoms with Crippen LogP contribution in [0, 0.1) is 12.8 Å². The summed E-state index contributed by atoms with van der Waals surface area (Å²) >= 11 is 0. The summed E-state index contributed by atoms with van der Waals surface area (Å²) in [5.41, 5.74) is 2.44. The second-order valence-electron chi connectivity index (χ2n) is 5.11. The first kappa shape index (κ1) is 13.4. The van der Waals surface area contributed by atoms with Crippen LogP contribution in [0.15, 0.2) is 18.2 Å². The molecule has 100 valence electrons. The zero-order valence-electron chi connectivity index (χ0n) is 11.5. The van der Waals surface area contributed by atoms with Crippen LogP contribution in [0.2, 0.25) is 0 Å². The van der Waals surface area contributed by atoms with E-state index < -0.39 is 0 Å². The fraction of sp³-hybridized carbons (Fsp3) is 0.600. The Kier molecular flexibility index (Phi) is 4.61. The maximum atomic E-state index is 5.64. The topological polar surface area (TPSA) is 30.5 Å². The summed E-state index contributed by atoms with van der Waals surface area (Å²) < 4.78 is 11.1. The van der Waals surface area contributed by atoms with Gasteiger partial charge in [-0.3, -0.25) is 0 Å². The largest absolute Gasteiger partial charge is 0.467 e. The Hall–Kier alpha value is -1.06. The zero-order chi connectivity index (χ0) is 13.0. The smallest absolute Gasteiger partial charge is 0.189 e. The molecule has 0 aromatic heterocycles. The molecule has 0 radical (unpaired) electrons.